The summed E-state index contributed by atoms with van der Waals surface area (Å²) < 4.78 is 46.6. The van der Waals surface area contributed by atoms with E-state index in [0.717, 1.165) is 11.6 Å². The van der Waals surface area contributed by atoms with Crippen LogP contribution in [0, 0.1) is 6.92 Å². The molecule has 2 amide bonds. The molecule has 0 aliphatic carbocycles. The zero-order chi connectivity index (χ0) is 23.9. The minimum absolute atomic E-state index is 0. The van der Waals surface area contributed by atoms with E-state index in [9.17, 15) is 22.8 Å². The Kier molecular flexibility index (Phi) is 9.65. The first-order valence-corrected chi connectivity index (χ1v) is 10.6. The molecule has 0 aliphatic rings. The molecule has 33 heavy (non-hydrogen) atoms. The fourth-order valence-corrected chi connectivity index (χ4v) is 2.60. The summed E-state index contributed by atoms with van der Waals surface area (Å²) in [5.41, 5.74) is 0.939. The van der Waals surface area contributed by atoms with Gasteiger partial charge in [-0.25, -0.2) is 14.4 Å². The lowest BCUT2D eigenvalue weighted by Gasteiger charge is -2.10. The number of hydrogen-bond acceptors (Lipinski definition) is 10. The van der Waals surface area contributed by atoms with Crippen molar-refractivity contribution in [2.24, 2.45) is 0 Å². The molecule has 1 heterocycles. The summed E-state index contributed by atoms with van der Waals surface area (Å²) in [6.45, 7) is 4.96. The number of carbonyl (C=O) groups is 3. The molecular weight excluding hydrogens is 464 g/mol. The molecule has 0 radical (unpaired) electrons. The molecule has 0 spiro atoms. The number of rotatable bonds is 9. The number of aromatic nitrogens is 2. The van der Waals surface area contributed by atoms with E-state index in [-0.39, 0.29) is 35.0 Å². The van der Waals surface area contributed by atoms with Crippen molar-refractivity contribution >= 4 is 34.0 Å². The topological polar surface area (TPSA) is 204 Å². The lowest BCUT2D eigenvalue weighted by molar-refractivity contribution is -0.848. The molecule has 0 atom stereocenters. The second kappa shape index (κ2) is 11.7. The van der Waals surface area contributed by atoms with E-state index >= 15 is 0 Å². The highest BCUT2D eigenvalue weighted by Crippen LogP contribution is 2.22. The van der Waals surface area contributed by atoms with Gasteiger partial charge in [0.25, 0.3) is 11.7 Å². The number of benzene rings is 1. The molecule has 2 aromatic rings. The summed E-state index contributed by atoms with van der Waals surface area (Å²) in [6, 6.07) is 7.65. The maximum Gasteiger partial charge on any atom is 0.476 e. The first-order valence-electron chi connectivity index (χ1n) is 9.19. The van der Waals surface area contributed by atoms with Crippen LogP contribution in [0.3, 0.4) is 0 Å². The van der Waals surface area contributed by atoms with E-state index in [0.29, 0.717) is 0 Å². The van der Waals surface area contributed by atoms with Crippen molar-refractivity contribution in [2.75, 3.05) is 18.5 Å². The van der Waals surface area contributed by atoms with Crippen molar-refractivity contribution in [1.29, 1.82) is 0 Å². The highest BCUT2D eigenvalue weighted by molar-refractivity contribution is 7.80. The van der Waals surface area contributed by atoms with Crippen LogP contribution in [0.4, 0.5) is 10.6 Å². The van der Waals surface area contributed by atoms with Crippen molar-refractivity contribution < 1.29 is 51.3 Å². The minimum Gasteiger partial charge on any atom is -0.870 e. The van der Waals surface area contributed by atoms with E-state index in [2.05, 4.69) is 19.9 Å². The normalized spacial score (nSPS) is 10.4. The van der Waals surface area contributed by atoms with Crippen LogP contribution >= 0.6 is 0 Å². The maximum absolute atomic E-state index is 12.6. The van der Waals surface area contributed by atoms with Gasteiger partial charge in [-0.2, -0.15) is 8.42 Å². The van der Waals surface area contributed by atoms with Gasteiger partial charge in [0.1, 0.15) is 5.75 Å². The van der Waals surface area contributed by atoms with Crippen molar-refractivity contribution in [3.63, 3.8) is 0 Å². The predicted molar refractivity (Wildman–Crippen MR) is 109 cm³/mol. The highest BCUT2D eigenvalue weighted by Gasteiger charge is 2.35. The first-order chi connectivity index (χ1) is 15.0. The Morgan fingerprint density at radius 2 is 1.79 bits per heavy atom. The fourth-order valence-electron chi connectivity index (χ4n) is 2.26. The zero-order valence-electron chi connectivity index (χ0n) is 17.8. The smallest absolute Gasteiger partial charge is 0.476 e. The van der Waals surface area contributed by atoms with Gasteiger partial charge in [0.05, 0.1) is 12.7 Å². The van der Waals surface area contributed by atoms with Crippen molar-refractivity contribution in [3.8, 4) is 11.6 Å². The number of Topliss-reactive ketones (excluding diaryl/α,β-unsaturated/α-hetero) is 1. The number of carbonyl (C=O) groups excluding carboxylic acids is 3. The summed E-state index contributed by atoms with van der Waals surface area (Å²) in [5, 5.41) is 4.36. The zero-order valence-corrected chi connectivity index (χ0v) is 18.6. The lowest BCUT2D eigenvalue weighted by Crippen LogP contribution is -2.55. The molecule has 0 aliphatic heterocycles. The number of nitrogens with zero attached hydrogens (tertiary/aromatic N) is 2. The fraction of sp³-hybridized carbons (Fsp3) is 0.278. The number of amides is 2. The van der Waals surface area contributed by atoms with Crippen LogP contribution in [-0.2, 0) is 19.9 Å². The molecule has 0 saturated heterocycles. The lowest BCUT2D eigenvalue weighted by atomic mass is 10.2. The van der Waals surface area contributed by atoms with Crippen LogP contribution in [0.25, 0.3) is 0 Å². The Bertz CT molecular complexity index is 1120. The molecule has 1 aromatic carbocycles. The monoisotopic (exact) mass is 486 g/mol. The second-order valence-corrected chi connectivity index (χ2v) is 7.05. The Labute approximate surface area is 188 Å². The van der Waals surface area contributed by atoms with Gasteiger partial charge in [0.2, 0.25) is 0 Å². The van der Waals surface area contributed by atoms with Gasteiger partial charge in [-0.1, -0.05) is 22.7 Å². The molecule has 15 heteroatoms. The van der Waals surface area contributed by atoms with Gasteiger partial charge >= 0.3 is 34.0 Å². The predicted octanol–water partition coefficient (Wildman–Crippen LogP) is 0.412. The van der Waals surface area contributed by atoms with E-state index in [1.165, 1.54) is 6.92 Å². The molecular formula is C18H22N4O10S. The van der Waals surface area contributed by atoms with Crippen molar-refractivity contribution in [2.45, 2.75) is 20.8 Å². The van der Waals surface area contributed by atoms with Gasteiger partial charge in [-0.05, 0) is 37.6 Å². The van der Waals surface area contributed by atoms with E-state index < -0.39 is 39.8 Å². The molecule has 2 rings (SSSR count). The Hall–Kier alpha value is -3.82. The molecule has 180 valence electrons. The van der Waals surface area contributed by atoms with Gasteiger partial charge in [0, 0.05) is 6.54 Å². The Morgan fingerprint density at radius 1 is 1.15 bits per heavy atom. The molecule has 0 fully saturated rings. The number of ketones is 1. The molecule has 0 bridgehead atoms. The molecule has 1 aromatic heterocycles. The third-order valence-electron chi connectivity index (χ3n) is 3.55. The van der Waals surface area contributed by atoms with Crippen molar-refractivity contribution in [3.05, 3.63) is 41.7 Å². The van der Waals surface area contributed by atoms with E-state index in [1.807, 2.05) is 6.92 Å². The number of ether oxygens (including phenoxy) is 2. The Balaban J connectivity index is 0.00000544. The second-order valence-electron chi connectivity index (χ2n) is 6.05. The molecule has 14 nitrogen and oxygen atoms in total. The van der Waals surface area contributed by atoms with Crippen LogP contribution in [-0.4, -0.2) is 54.4 Å². The maximum atomic E-state index is 12.6. The molecule has 0 saturated carbocycles. The first kappa shape index (κ1) is 27.2. The third kappa shape index (κ3) is 7.99. The van der Waals surface area contributed by atoms with Gasteiger partial charge < -0.3 is 20.3 Å². The van der Waals surface area contributed by atoms with Gasteiger partial charge in [-0.3, -0.25) is 14.1 Å². The third-order valence-corrected chi connectivity index (χ3v) is 3.89. The molecule has 4 N–H and O–H groups in total. The minimum atomic E-state index is -5.21. The largest absolute Gasteiger partial charge is 0.870 e. The van der Waals surface area contributed by atoms with E-state index in [4.69, 9.17) is 14.0 Å². The summed E-state index contributed by atoms with van der Waals surface area (Å²) >= 11 is 0. The van der Waals surface area contributed by atoms with Gasteiger partial charge in [-0.15, -0.1) is 0 Å². The van der Waals surface area contributed by atoms with Crippen LogP contribution in [0.15, 0.2) is 30.3 Å². The number of likely N-dealkylation sites (N-methyl/N-ethyl adjacent to an activating group) is 1. The average Bonchev–Trinajstić information content (AvgIpc) is 2.70. The molecule has 0 unspecified atom stereocenters. The number of aryl methyl sites for hydroxylation is 1. The van der Waals surface area contributed by atoms with Gasteiger partial charge in [0.15, 0.2) is 0 Å². The SMILES string of the molecule is CCNC(=O)C(=O)c1nc(Oc2ccc(C)cc2)cc(NC(=O)OCC)[n+]1OS(=O)(=O)O.[OH-]. The van der Waals surface area contributed by atoms with Crippen LogP contribution in [0.5, 0.6) is 11.6 Å². The summed E-state index contributed by atoms with van der Waals surface area (Å²) in [6.07, 6.45) is -1.05. The van der Waals surface area contributed by atoms with E-state index in [1.54, 1.807) is 31.2 Å². The average molecular weight is 486 g/mol. The van der Waals surface area contributed by atoms with Crippen LogP contribution < -0.4 is 24.4 Å². The van der Waals surface area contributed by atoms with Crippen LogP contribution in [0.2, 0.25) is 0 Å². The quantitative estimate of drug-likeness (QED) is 0.191. The van der Waals surface area contributed by atoms with Crippen molar-refractivity contribution in [1.82, 2.24) is 10.3 Å². The number of hydrogen-bond donors (Lipinski definition) is 3. The van der Waals surface area contributed by atoms with Crippen LogP contribution in [0.1, 0.15) is 30.0 Å². The number of anilines is 1. The highest BCUT2D eigenvalue weighted by atomic mass is 32.3. The Morgan fingerprint density at radius 3 is 2.33 bits per heavy atom. The summed E-state index contributed by atoms with van der Waals surface area (Å²) in [5.74, 6) is -3.95. The summed E-state index contributed by atoms with van der Waals surface area (Å²) in [4.78, 5) is 40.4. The standard InChI is InChI=1S/C18H20N4O9S.H2O/c1-4-19-17(24)15(23)16-21-14(30-12-8-6-11(3)7-9-12)10-13(20-18(25)29-5-2)22(16)31-32(26,27)28;/h6-10H,4-5H2,1-3H3,(H2,19,24,26,27,28);1H2. The number of nitrogens with one attached hydrogen (secondary N) is 2. The summed E-state index contributed by atoms with van der Waals surface area (Å²) in [7, 11) is -5.21.